The quantitative estimate of drug-likeness (QED) is 0.584. The topological polar surface area (TPSA) is 56.8 Å². The Morgan fingerprint density at radius 1 is 0.829 bits per heavy atom. The molecular weight excluding hydrogens is 456 g/mol. The number of nitrogens with zero attached hydrogens (tertiary/aromatic N) is 4. The van der Waals surface area contributed by atoms with Crippen molar-refractivity contribution in [3.63, 3.8) is 0 Å². The van der Waals surface area contributed by atoms with Crippen molar-refractivity contribution < 1.29 is 9.59 Å². The van der Waals surface area contributed by atoms with Crippen LogP contribution in [0.15, 0.2) is 24.3 Å². The van der Waals surface area contributed by atoms with Crippen molar-refractivity contribution in [1.29, 1.82) is 0 Å². The first kappa shape index (κ1) is 22.2. The monoisotopic (exact) mass is 492 g/mol. The maximum Gasteiger partial charge on any atom is 0.233 e. The van der Waals surface area contributed by atoms with Crippen LogP contribution < -0.4 is 4.90 Å². The third-order valence-corrected chi connectivity index (χ3v) is 10.9. The summed E-state index contributed by atoms with van der Waals surface area (Å²) in [6.45, 7) is 6.00. The van der Waals surface area contributed by atoms with Gasteiger partial charge in [0.15, 0.2) is 0 Å². The second kappa shape index (κ2) is 8.84. The summed E-state index contributed by atoms with van der Waals surface area (Å²) in [6.07, 6.45) is 7.99. The Hall–Kier alpha value is -1.99. The lowest BCUT2D eigenvalue weighted by molar-refractivity contribution is -0.141. The van der Waals surface area contributed by atoms with E-state index in [4.69, 9.17) is 4.37 Å². The van der Waals surface area contributed by atoms with Gasteiger partial charge in [-0.2, -0.15) is 4.37 Å². The molecule has 7 heteroatoms. The van der Waals surface area contributed by atoms with Gasteiger partial charge in [-0.25, -0.2) is 0 Å². The second-order valence-electron chi connectivity index (χ2n) is 11.7. The summed E-state index contributed by atoms with van der Waals surface area (Å²) in [6, 6.07) is 8.55. The van der Waals surface area contributed by atoms with Gasteiger partial charge in [0.1, 0.15) is 5.82 Å². The van der Waals surface area contributed by atoms with E-state index in [0.717, 1.165) is 70.1 Å². The van der Waals surface area contributed by atoms with Crippen LogP contribution >= 0.6 is 11.5 Å². The van der Waals surface area contributed by atoms with E-state index in [1.54, 1.807) is 16.4 Å². The van der Waals surface area contributed by atoms with Crippen LogP contribution in [0.3, 0.4) is 0 Å². The van der Waals surface area contributed by atoms with E-state index in [9.17, 15) is 9.59 Å². The van der Waals surface area contributed by atoms with Crippen molar-refractivity contribution in [2.45, 2.75) is 44.9 Å². The Kier molecular flexibility index (Phi) is 5.61. The summed E-state index contributed by atoms with van der Waals surface area (Å²) < 4.78 is 6.04. The van der Waals surface area contributed by atoms with Gasteiger partial charge in [0.25, 0.3) is 0 Å². The van der Waals surface area contributed by atoms with Gasteiger partial charge in [-0.15, -0.1) is 0 Å². The fraction of sp³-hybridized carbons (Fsp3) is 0.679. The van der Waals surface area contributed by atoms with Gasteiger partial charge in [0, 0.05) is 44.7 Å². The van der Waals surface area contributed by atoms with Crippen LogP contribution in [0.1, 0.15) is 44.9 Å². The average Bonchev–Trinajstić information content (AvgIpc) is 3.66. The highest BCUT2D eigenvalue weighted by atomic mass is 32.1. The summed E-state index contributed by atoms with van der Waals surface area (Å²) >= 11 is 1.60. The average molecular weight is 493 g/mol. The van der Waals surface area contributed by atoms with E-state index in [1.165, 1.54) is 29.3 Å². The Labute approximate surface area is 211 Å². The number of likely N-dealkylation sites (tertiary alicyclic amines) is 1. The summed E-state index contributed by atoms with van der Waals surface area (Å²) in [4.78, 5) is 33.2. The van der Waals surface area contributed by atoms with Gasteiger partial charge in [-0.05, 0) is 79.4 Å². The number of piperazine rings is 1. The Morgan fingerprint density at radius 2 is 1.49 bits per heavy atom. The highest BCUT2D eigenvalue weighted by molar-refractivity contribution is 7.13. The molecule has 6 nitrogen and oxygen atoms in total. The van der Waals surface area contributed by atoms with Gasteiger partial charge in [-0.1, -0.05) is 25.0 Å². The number of rotatable bonds is 5. The van der Waals surface area contributed by atoms with Gasteiger partial charge in [-0.3, -0.25) is 19.4 Å². The first-order valence-corrected chi connectivity index (χ1v) is 14.6. The third kappa shape index (κ3) is 3.72. The number of hydrogen-bond donors (Lipinski definition) is 0. The predicted molar refractivity (Wildman–Crippen MR) is 138 cm³/mol. The Balaban J connectivity index is 1.01. The summed E-state index contributed by atoms with van der Waals surface area (Å²) in [5, 5.41) is 1.28. The molecule has 5 fully saturated rings. The van der Waals surface area contributed by atoms with Crippen LogP contribution in [0.2, 0.25) is 0 Å². The molecule has 3 heterocycles. The lowest BCUT2D eigenvalue weighted by Crippen LogP contribution is -2.50. The molecule has 35 heavy (non-hydrogen) atoms. The minimum atomic E-state index is -0.0110. The molecule has 2 amide bonds. The predicted octanol–water partition coefficient (Wildman–Crippen LogP) is 4.26. The zero-order valence-electron chi connectivity index (χ0n) is 20.5. The maximum absolute atomic E-state index is 13.2. The van der Waals surface area contributed by atoms with Crippen LogP contribution in [0.25, 0.3) is 10.1 Å². The van der Waals surface area contributed by atoms with E-state index in [0.29, 0.717) is 24.3 Å². The molecule has 1 aromatic heterocycles. The molecule has 2 aliphatic heterocycles. The number of hydrogen-bond acceptors (Lipinski definition) is 6. The minimum Gasteiger partial charge on any atom is -0.353 e. The number of carbonyl (C=O) groups is 2. The van der Waals surface area contributed by atoms with E-state index >= 15 is 0 Å². The fourth-order valence-corrected chi connectivity index (χ4v) is 9.06. The Bertz CT molecular complexity index is 1100. The molecule has 2 saturated heterocycles. The molecule has 0 spiro atoms. The van der Waals surface area contributed by atoms with Crippen LogP contribution in [0.4, 0.5) is 5.82 Å². The van der Waals surface area contributed by atoms with Gasteiger partial charge >= 0.3 is 0 Å². The van der Waals surface area contributed by atoms with Crippen LogP contribution in [0, 0.1) is 35.5 Å². The highest BCUT2D eigenvalue weighted by Crippen LogP contribution is 2.53. The normalized spacial score (nSPS) is 35.4. The summed E-state index contributed by atoms with van der Waals surface area (Å²) in [5.41, 5.74) is 0. The molecule has 3 aliphatic carbocycles. The number of benzene rings is 1. The van der Waals surface area contributed by atoms with Crippen LogP contribution in [-0.2, 0) is 9.59 Å². The molecular formula is C28H36N4O2S. The highest BCUT2D eigenvalue weighted by Gasteiger charge is 2.53. The number of anilines is 1. The van der Waals surface area contributed by atoms with Crippen molar-refractivity contribution in [2.24, 2.45) is 35.5 Å². The molecule has 6 atom stereocenters. The van der Waals surface area contributed by atoms with Crippen molar-refractivity contribution in [2.75, 3.05) is 44.2 Å². The number of carbonyl (C=O) groups excluding carboxylic acids is 2. The van der Waals surface area contributed by atoms with E-state index in [1.807, 2.05) is 0 Å². The van der Waals surface area contributed by atoms with E-state index in [2.05, 4.69) is 34.1 Å². The smallest absolute Gasteiger partial charge is 0.233 e. The third-order valence-electron chi connectivity index (χ3n) is 10.1. The zero-order valence-corrected chi connectivity index (χ0v) is 21.3. The number of amides is 2. The SMILES string of the molecule is O=C1C2CCCCC2C(=O)N1CC1C2CCC(C2)C1CN1CCN(c2nsc3ccccc23)CC1. The van der Waals surface area contributed by atoms with Crippen LogP contribution in [0.5, 0.6) is 0 Å². The van der Waals surface area contributed by atoms with Crippen molar-refractivity contribution in [1.82, 2.24) is 14.2 Å². The van der Waals surface area contributed by atoms with Gasteiger partial charge < -0.3 is 4.90 Å². The maximum atomic E-state index is 13.2. The van der Waals surface area contributed by atoms with Crippen LogP contribution in [-0.4, -0.2) is 65.3 Å². The molecule has 0 radical (unpaired) electrons. The van der Waals surface area contributed by atoms with Crippen molar-refractivity contribution in [3.05, 3.63) is 24.3 Å². The molecule has 2 aromatic rings. The number of fused-ring (bicyclic) bond motifs is 4. The lowest BCUT2D eigenvalue weighted by Gasteiger charge is -2.40. The van der Waals surface area contributed by atoms with Gasteiger partial charge in [0.2, 0.25) is 11.8 Å². The fourth-order valence-electron chi connectivity index (χ4n) is 8.26. The molecule has 2 bridgehead atoms. The summed E-state index contributed by atoms with van der Waals surface area (Å²) in [7, 11) is 0. The molecule has 0 N–H and O–H groups in total. The first-order chi connectivity index (χ1) is 17.2. The minimum absolute atomic E-state index is 0.0110. The second-order valence-corrected chi connectivity index (χ2v) is 12.5. The van der Waals surface area contributed by atoms with Crippen molar-refractivity contribution >= 4 is 39.3 Å². The lowest BCUT2D eigenvalue weighted by atomic mass is 9.78. The molecule has 186 valence electrons. The zero-order chi connectivity index (χ0) is 23.5. The first-order valence-electron chi connectivity index (χ1n) is 13.8. The van der Waals surface area contributed by atoms with E-state index < -0.39 is 0 Å². The molecule has 5 aliphatic rings. The summed E-state index contributed by atoms with van der Waals surface area (Å²) in [5.74, 6) is 4.06. The molecule has 7 rings (SSSR count). The standard InChI is InChI=1S/C28H36N4O2S/c33-27-20-5-1-2-6-21(20)28(34)32(27)17-24-19-10-9-18(15-19)23(24)16-30-11-13-31(14-12-30)26-22-7-3-4-8-25(22)35-29-26/h3-4,7-8,18-21,23-24H,1-2,5-6,9-17H2. The van der Waals surface area contributed by atoms with E-state index in [-0.39, 0.29) is 23.7 Å². The molecule has 6 unspecified atom stereocenters. The van der Waals surface area contributed by atoms with Gasteiger partial charge in [0.05, 0.1) is 16.5 Å². The largest absolute Gasteiger partial charge is 0.353 e. The van der Waals surface area contributed by atoms with Crippen molar-refractivity contribution in [3.8, 4) is 0 Å². The molecule has 1 aromatic carbocycles. The molecule has 3 saturated carbocycles. The number of imide groups is 1. The number of aromatic nitrogens is 1. The Morgan fingerprint density at radius 3 is 2.20 bits per heavy atom.